The Labute approximate surface area is 194 Å². The molecule has 164 valence electrons. The lowest BCUT2D eigenvalue weighted by atomic mass is 9.66. The third-order valence-electron chi connectivity index (χ3n) is 7.37. The van der Waals surface area contributed by atoms with E-state index in [0.29, 0.717) is 5.92 Å². The van der Waals surface area contributed by atoms with E-state index in [1.54, 1.807) is 0 Å². The summed E-state index contributed by atoms with van der Waals surface area (Å²) in [4.78, 5) is 5.19. The summed E-state index contributed by atoms with van der Waals surface area (Å²) in [6.07, 6.45) is 13.5. The zero-order chi connectivity index (χ0) is 22.4. The molecule has 0 saturated heterocycles. The summed E-state index contributed by atoms with van der Waals surface area (Å²) in [5.74, 6) is 0.417. The topological polar surface area (TPSA) is 56.2 Å². The van der Waals surface area contributed by atoms with Crippen LogP contribution in [0.1, 0.15) is 36.9 Å². The molecule has 0 aliphatic heterocycles. The van der Waals surface area contributed by atoms with Crippen molar-refractivity contribution in [2.45, 2.75) is 38.1 Å². The minimum Gasteiger partial charge on any atom is -0.325 e. The number of nitrogens with zero attached hydrogens (tertiary/aromatic N) is 3. The van der Waals surface area contributed by atoms with E-state index in [-0.39, 0.29) is 5.54 Å². The maximum absolute atomic E-state index is 6.63. The van der Waals surface area contributed by atoms with Crippen LogP contribution in [0.2, 0.25) is 0 Å². The van der Waals surface area contributed by atoms with Gasteiger partial charge in [-0.2, -0.15) is 5.10 Å². The van der Waals surface area contributed by atoms with Gasteiger partial charge in [-0.3, -0.25) is 0 Å². The number of benzene rings is 2. The smallest absolute Gasteiger partial charge is 0.159 e. The lowest BCUT2D eigenvalue weighted by Crippen LogP contribution is -2.52. The highest BCUT2D eigenvalue weighted by molar-refractivity contribution is 5.85. The monoisotopic (exact) mass is 432 g/mol. The van der Waals surface area contributed by atoms with Gasteiger partial charge in [0.1, 0.15) is 0 Å². The predicted octanol–water partition coefficient (Wildman–Crippen LogP) is 6.21. The van der Waals surface area contributed by atoms with E-state index in [9.17, 15) is 0 Å². The Morgan fingerprint density at radius 3 is 2.24 bits per heavy atom. The number of aromatic nitrogens is 3. The lowest BCUT2D eigenvalue weighted by Gasteiger charge is -2.44. The van der Waals surface area contributed by atoms with Crippen LogP contribution in [0.25, 0.3) is 33.6 Å². The quantitative estimate of drug-likeness (QED) is 0.417. The van der Waals surface area contributed by atoms with Gasteiger partial charge in [0.15, 0.2) is 5.65 Å². The van der Waals surface area contributed by atoms with Crippen LogP contribution in [0.5, 0.6) is 0 Å². The van der Waals surface area contributed by atoms with Gasteiger partial charge in [-0.15, -0.1) is 0 Å². The van der Waals surface area contributed by atoms with Crippen molar-refractivity contribution in [3.63, 3.8) is 0 Å². The van der Waals surface area contributed by atoms with E-state index in [0.717, 1.165) is 64.1 Å². The third-order valence-corrected chi connectivity index (χ3v) is 7.37. The SMILES string of the molecule is Cc1c(-c2ccccc2)nn2cc(-c3ccccc3)c(C3=CCC(C4(N)CCC4)C=C3)nc12. The van der Waals surface area contributed by atoms with Gasteiger partial charge in [0.05, 0.1) is 11.4 Å². The first-order valence-electron chi connectivity index (χ1n) is 11.8. The first-order chi connectivity index (χ1) is 16.1. The predicted molar refractivity (Wildman–Crippen MR) is 135 cm³/mol. The molecule has 2 heterocycles. The minimum absolute atomic E-state index is 0.0230. The molecule has 33 heavy (non-hydrogen) atoms. The van der Waals surface area contributed by atoms with Crippen molar-refractivity contribution >= 4 is 11.2 Å². The van der Waals surface area contributed by atoms with E-state index >= 15 is 0 Å². The molecule has 0 bridgehead atoms. The fourth-order valence-corrected chi connectivity index (χ4v) is 5.18. The molecule has 2 aromatic carbocycles. The molecular weight excluding hydrogens is 404 g/mol. The molecule has 0 amide bonds. The van der Waals surface area contributed by atoms with Crippen LogP contribution in [-0.2, 0) is 0 Å². The molecule has 2 N–H and O–H groups in total. The molecule has 2 aliphatic carbocycles. The molecule has 4 heteroatoms. The lowest BCUT2D eigenvalue weighted by molar-refractivity contribution is 0.183. The molecule has 6 rings (SSSR count). The highest BCUT2D eigenvalue weighted by Gasteiger charge is 2.39. The average molecular weight is 433 g/mol. The largest absolute Gasteiger partial charge is 0.325 e. The first-order valence-corrected chi connectivity index (χ1v) is 11.8. The van der Waals surface area contributed by atoms with Crippen molar-refractivity contribution in [1.82, 2.24) is 14.6 Å². The van der Waals surface area contributed by atoms with Crippen molar-refractivity contribution in [1.29, 1.82) is 0 Å². The molecule has 4 aromatic rings. The zero-order valence-corrected chi connectivity index (χ0v) is 18.9. The number of aryl methyl sites for hydroxylation is 1. The summed E-state index contributed by atoms with van der Waals surface area (Å²) in [5.41, 5.74) is 15.1. The minimum atomic E-state index is -0.0230. The zero-order valence-electron chi connectivity index (χ0n) is 18.9. The molecule has 4 nitrogen and oxygen atoms in total. The normalized spacial score (nSPS) is 19.3. The van der Waals surface area contributed by atoms with Crippen molar-refractivity contribution in [2.24, 2.45) is 11.7 Å². The highest BCUT2D eigenvalue weighted by Crippen LogP contribution is 2.42. The average Bonchev–Trinajstić information content (AvgIpc) is 3.18. The van der Waals surface area contributed by atoms with E-state index in [2.05, 4.69) is 67.7 Å². The van der Waals surface area contributed by atoms with E-state index in [1.807, 2.05) is 28.8 Å². The standard InChI is InChI=1S/C29H28N4/c1-20-26(22-11-6-3-7-12-22)32-33-19-25(21-9-4-2-5-10-21)27(31-28(20)33)23-13-15-24(16-14-23)29(30)17-8-18-29/h2-7,9-15,19,24H,8,16-18,30H2,1H3. The summed E-state index contributed by atoms with van der Waals surface area (Å²) < 4.78 is 1.93. The van der Waals surface area contributed by atoms with Gasteiger partial charge in [-0.25, -0.2) is 9.50 Å². The molecule has 1 fully saturated rings. The highest BCUT2D eigenvalue weighted by atomic mass is 15.3. The van der Waals surface area contributed by atoms with Gasteiger partial charge in [0.2, 0.25) is 0 Å². The Bertz CT molecular complexity index is 1380. The molecular formula is C29H28N4. The number of allylic oxidation sites excluding steroid dienone is 3. The second kappa shape index (κ2) is 7.82. The van der Waals surface area contributed by atoms with Crippen LogP contribution in [-0.4, -0.2) is 20.1 Å². The fraction of sp³-hybridized carbons (Fsp3) is 0.241. The summed E-state index contributed by atoms with van der Waals surface area (Å²) in [6, 6.07) is 20.8. The molecule has 1 atom stereocenters. The van der Waals surface area contributed by atoms with Gasteiger partial charge >= 0.3 is 0 Å². The first kappa shape index (κ1) is 20.1. The number of fused-ring (bicyclic) bond motifs is 1. The summed E-state index contributed by atoms with van der Waals surface area (Å²) in [7, 11) is 0. The molecule has 1 unspecified atom stereocenters. The van der Waals surface area contributed by atoms with Crippen molar-refractivity contribution in [2.75, 3.05) is 0 Å². The molecule has 0 radical (unpaired) electrons. The van der Waals surface area contributed by atoms with Crippen LogP contribution in [0.15, 0.2) is 85.1 Å². The second-order valence-corrected chi connectivity index (χ2v) is 9.42. The number of nitrogens with two attached hydrogens (primary N) is 1. The number of hydrogen-bond acceptors (Lipinski definition) is 3. The van der Waals surface area contributed by atoms with Crippen LogP contribution < -0.4 is 5.73 Å². The molecule has 2 aliphatic rings. The number of hydrogen-bond donors (Lipinski definition) is 1. The molecule has 1 saturated carbocycles. The summed E-state index contributed by atoms with van der Waals surface area (Å²) in [6.45, 7) is 2.11. The fourth-order valence-electron chi connectivity index (χ4n) is 5.18. The molecule has 0 spiro atoms. The third kappa shape index (κ3) is 3.42. The molecule has 2 aromatic heterocycles. The maximum atomic E-state index is 6.63. The van der Waals surface area contributed by atoms with E-state index in [1.165, 1.54) is 6.42 Å². The van der Waals surface area contributed by atoms with Gasteiger partial charge in [-0.1, -0.05) is 78.9 Å². The number of rotatable bonds is 4. The Morgan fingerprint density at radius 2 is 1.64 bits per heavy atom. The van der Waals surface area contributed by atoms with E-state index < -0.39 is 0 Å². The van der Waals surface area contributed by atoms with Crippen LogP contribution >= 0.6 is 0 Å². The van der Waals surface area contributed by atoms with Gasteiger partial charge in [0, 0.05) is 28.4 Å². The van der Waals surface area contributed by atoms with E-state index in [4.69, 9.17) is 15.8 Å². The maximum Gasteiger partial charge on any atom is 0.159 e. The van der Waals surface area contributed by atoms with Gasteiger partial charge in [-0.05, 0) is 49.7 Å². The Balaban J connectivity index is 1.48. The van der Waals surface area contributed by atoms with Crippen LogP contribution in [0.4, 0.5) is 0 Å². The second-order valence-electron chi connectivity index (χ2n) is 9.42. The van der Waals surface area contributed by atoms with Crippen molar-refractivity contribution in [3.8, 4) is 22.4 Å². The Hall–Kier alpha value is -3.50. The Kier molecular flexibility index (Phi) is 4.77. The summed E-state index contributed by atoms with van der Waals surface area (Å²) in [5, 5.41) is 4.92. The van der Waals surface area contributed by atoms with Crippen LogP contribution in [0.3, 0.4) is 0 Å². The van der Waals surface area contributed by atoms with Crippen LogP contribution in [0, 0.1) is 12.8 Å². The van der Waals surface area contributed by atoms with Gasteiger partial charge in [0.25, 0.3) is 0 Å². The Morgan fingerprint density at radius 1 is 0.939 bits per heavy atom. The van der Waals surface area contributed by atoms with Gasteiger partial charge < -0.3 is 5.73 Å². The van der Waals surface area contributed by atoms with Crippen molar-refractivity contribution in [3.05, 3.63) is 96.3 Å². The summed E-state index contributed by atoms with van der Waals surface area (Å²) >= 11 is 0. The van der Waals surface area contributed by atoms with Crippen molar-refractivity contribution < 1.29 is 0 Å².